The van der Waals surface area contributed by atoms with Gasteiger partial charge in [-0.25, -0.2) is 14.4 Å². The van der Waals surface area contributed by atoms with Crippen molar-refractivity contribution in [3.05, 3.63) is 98.7 Å². The van der Waals surface area contributed by atoms with Gasteiger partial charge in [0.25, 0.3) is 5.56 Å². The minimum atomic E-state index is -0.220. The molecule has 0 bridgehead atoms. The Morgan fingerprint density at radius 3 is 2.54 bits per heavy atom. The molecule has 0 aliphatic carbocycles. The Balaban J connectivity index is 1.15. The first-order valence-corrected chi connectivity index (χ1v) is 14.3. The van der Waals surface area contributed by atoms with Crippen LogP contribution in [0.2, 0.25) is 0 Å². The first kappa shape index (κ1) is 25.7. The first-order valence-electron chi connectivity index (χ1n) is 14.3. The van der Waals surface area contributed by atoms with Crippen LogP contribution in [0, 0.1) is 5.82 Å². The van der Waals surface area contributed by atoms with E-state index in [1.165, 1.54) is 17.7 Å². The number of para-hydroxylation sites is 2. The second kappa shape index (κ2) is 11.3. The van der Waals surface area contributed by atoms with E-state index in [2.05, 4.69) is 28.5 Å². The Hall–Kier alpha value is -3.58. The highest BCUT2D eigenvalue weighted by molar-refractivity contribution is 5.78. The van der Waals surface area contributed by atoms with Gasteiger partial charge in [0.2, 0.25) is 0 Å². The van der Waals surface area contributed by atoms with E-state index in [-0.39, 0.29) is 11.4 Å². The molecule has 0 unspecified atom stereocenters. The van der Waals surface area contributed by atoms with Gasteiger partial charge in [-0.2, -0.15) is 0 Å². The average molecular weight is 526 g/mol. The zero-order valence-electron chi connectivity index (χ0n) is 22.7. The molecular formula is C32H36FN5O. The normalized spacial score (nSPS) is 16.0. The summed E-state index contributed by atoms with van der Waals surface area (Å²) in [5.74, 6) is 1.71. The average Bonchev–Trinajstić information content (AvgIpc) is 3.31. The lowest BCUT2D eigenvalue weighted by Gasteiger charge is -2.28. The molecule has 39 heavy (non-hydrogen) atoms. The SMILES string of the molecule is CCc1nc2n(c(=O)c1CCN1CCC(=Cc3nc4ccccc4n3Cc3ccc(F)cc3)CC1)CCCC2. The highest BCUT2D eigenvalue weighted by Crippen LogP contribution is 2.24. The third-order valence-corrected chi connectivity index (χ3v) is 8.24. The Kier molecular flexibility index (Phi) is 7.42. The van der Waals surface area contributed by atoms with E-state index in [0.29, 0.717) is 6.54 Å². The van der Waals surface area contributed by atoms with E-state index < -0.39 is 0 Å². The molecule has 1 saturated heterocycles. The van der Waals surface area contributed by atoms with Gasteiger partial charge in [0.15, 0.2) is 0 Å². The highest BCUT2D eigenvalue weighted by atomic mass is 19.1. The third-order valence-electron chi connectivity index (χ3n) is 8.24. The lowest BCUT2D eigenvalue weighted by molar-refractivity contribution is 0.259. The fourth-order valence-corrected chi connectivity index (χ4v) is 6.01. The summed E-state index contributed by atoms with van der Waals surface area (Å²) in [5.41, 5.74) is 6.60. The van der Waals surface area contributed by atoms with E-state index in [1.54, 1.807) is 0 Å². The van der Waals surface area contributed by atoms with Crippen LogP contribution in [0.1, 0.15) is 61.1 Å². The molecule has 2 aliphatic rings. The fraction of sp³-hybridized carbons (Fsp3) is 0.406. The Bertz CT molecular complexity index is 1560. The number of rotatable bonds is 7. The number of benzene rings is 2. The van der Waals surface area contributed by atoms with Crippen LogP contribution < -0.4 is 5.56 Å². The van der Waals surface area contributed by atoms with Crippen LogP contribution >= 0.6 is 0 Å². The largest absolute Gasteiger partial charge is 0.320 e. The van der Waals surface area contributed by atoms with Crippen LogP contribution in [-0.2, 0) is 32.4 Å². The molecule has 0 N–H and O–H groups in total. The van der Waals surface area contributed by atoms with Crippen molar-refractivity contribution >= 4 is 17.1 Å². The predicted molar refractivity (Wildman–Crippen MR) is 153 cm³/mol. The van der Waals surface area contributed by atoms with Gasteiger partial charge in [0, 0.05) is 44.7 Å². The van der Waals surface area contributed by atoms with Crippen molar-refractivity contribution in [2.24, 2.45) is 0 Å². The molecule has 0 amide bonds. The molecule has 0 saturated carbocycles. The predicted octanol–water partition coefficient (Wildman–Crippen LogP) is 5.40. The molecule has 7 heteroatoms. The van der Waals surface area contributed by atoms with Crippen molar-refractivity contribution in [1.82, 2.24) is 24.0 Å². The summed E-state index contributed by atoms with van der Waals surface area (Å²) in [4.78, 5) is 25.5. The molecule has 202 valence electrons. The Morgan fingerprint density at radius 2 is 1.74 bits per heavy atom. The number of halogens is 1. The number of piperidine rings is 1. The van der Waals surface area contributed by atoms with Crippen molar-refractivity contribution < 1.29 is 4.39 Å². The van der Waals surface area contributed by atoms with Crippen LogP contribution in [0.4, 0.5) is 4.39 Å². The summed E-state index contributed by atoms with van der Waals surface area (Å²) >= 11 is 0. The lowest BCUT2D eigenvalue weighted by Crippen LogP contribution is -2.36. The number of hydrogen-bond acceptors (Lipinski definition) is 4. The second-order valence-corrected chi connectivity index (χ2v) is 10.8. The Labute approximate surface area is 228 Å². The number of likely N-dealkylation sites (tertiary alicyclic amines) is 1. The summed E-state index contributed by atoms with van der Waals surface area (Å²) in [5, 5.41) is 0. The number of aromatic nitrogens is 4. The van der Waals surface area contributed by atoms with Gasteiger partial charge in [0.05, 0.1) is 16.7 Å². The van der Waals surface area contributed by atoms with Crippen LogP contribution in [0.25, 0.3) is 17.1 Å². The smallest absolute Gasteiger partial charge is 0.256 e. The molecule has 6 rings (SSSR count). The number of imidazole rings is 1. The van der Waals surface area contributed by atoms with Gasteiger partial charge in [-0.05, 0) is 74.4 Å². The van der Waals surface area contributed by atoms with Crippen molar-refractivity contribution in [2.75, 3.05) is 19.6 Å². The van der Waals surface area contributed by atoms with Crippen LogP contribution in [0.3, 0.4) is 0 Å². The number of hydrogen-bond donors (Lipinski definition) is 0. The Morgan fingerprint density at radius 1 is 0.949 bits per heavy atom. The number of fused-ring (bicyclic) bond motifs is 2. The fourth-order valence-electron chi connectivity index (χ4n) is 6.01. The standard InChI is InChI=1S/C32H36FN5O/c1-2-27-26(32(39)37-17-6-5-9-30(37)34-27)16-20-36-18-14-23(15-19-36)21-31-35-28-7-3-4-8-29(28)38(31)22-24-10-12-25(33)13-11-24/h3-4,7-8,10-13,21H,2,5-6,9,14-20,22H2,1H3. The van der Waals surface area contributed by atoms with Gasteiger partial charge in [-0.3, -0.25) is 9.36 Å². The summed E-state index contributed by atoms with van der Waals surface area (Å²) in [6.45, 7) is 6.40. The van der Waals surface area contributed by atoms with Gasteiger partial charge in [-0.15, -0.1) is 0 Å². The molecule has 0 spiro atoms. The van der Waals surface area contributed by atoms with Crippen molar-refractivity contribution in [1.29, 1.82) is 0 Å². The summed E-state index contributed by atoms with van der Waals surface area (Å²) in [7, 11) is 0. The lowest BCUT2D eigenvalue weighted by atomic mass is 10.0. The van der Waals surface area contributed by atoms with Gasteiger partial charge < -0.3 is 9.47 Å². The quantitative estimate of drug-likeness (QED) is 0.324. The van der Waals surface area contributed by atoms with Crippen LogP contribution in [0.15, 0.2) is 58.9 Å². The van der Waals surface area contributed by atoms with Crippen LogP contribution in [-0.4, -0.2) is 43.6 Å². The number of aryl methyl sites for hydroxylation is 2. The monoisotopic (exact) mass is 525 g/mol. The molecule has 1 fully saturated rings. The first-order chi connectivity index (χ1) is 19.1. The van der Waals surface area contributed by atoms with Crippen molar-refractivity contribution in [3.8, 4) is 0 Å². The van der Waals surface area contributed by atoms with Gasteiger partial charge in [-0.1, -0.05) is 36.8 Å². The molecule has 6 nitrogen and oxygen atoms in total. The second-order valence-electron chi connectivity index (χ2n) is 10.8. The van der Waals surface area contributed by atoms with Crippen molar-refractivity contribution in [3.63, 3.8) is 0 Å². The maximum absolute atomic E-state index is 13.5. The topological polar surface area (TPSA) is 56.0 Å². The highest BCUT2D eigenvalue weighted by Gasteiger charge is 2.20. The molecule has 2 aromatic heterocycles. The minimum Gasteiger partial charge on any atom is -0.320 e. The summed E-state index contributed by atoms with van der Waals surface area (Å²) in [6, 6.07) is 14.9. The van der Waals surface area contributed by atoms with Crippen molar-refractivity contribution in [2.45, 2.75) is 65.0 Å². The summed E-state index contributed by atoms with van der Waals surface area (Å²) < 4.78 is 17.6. The zero-order chi connectivity index (χ0) is 26.8. The molecule has 4 heterocycles. The zero-order valence-corrected chi connectivity index (χ0v) is 22.7. The third kappa shape index (κ3) is 5.46. The molecule has 0 atom stereocenters. The minimum absolute atomic E-state index is 0.189. The van der Waals surface area contributed by atoms with Gasteiger partial charge in [0.1, 0.15) is 17.5 Å². The molecular weight excluding hydrogens is 489 g/mol. The van der Waals surface area contributed by atoms with E-state index in [1.807, 2.05) is 34.9 Å². The molecule has 2 aromatic carbocycles. The molecule has 2 aliphatic heterocycles. The summed E-state index contributed by atoms with van der Waals surface area (Å²) in [6.07, 6.45) is 8.91. The molecule has 4 aromatic rings. The maximum Gasteiger partial charge on any atom is 0.256 e. The van der Waals surface area contributed by atoms with E-state index in [0.717, 1.165) is 111 Å². The van der Waals surface area contributed by atoms with Gasteiger partial charge >= 0.3 is 0 Å². The van der Waals surface area contributed by atoms with E-state index in [9.17, 15) is 9.18 Å². The maximum atomic E-state index is 13.5. The molecule has 0 radical (unpaired) electrons. The number of nitrogens with zero attached hydrogens (tertiary/aromatic N) is 5. The van der Waals surface area contributed by atoms with E-state index >= 15 is 0 Å². The van der Waals surface area contributed by atoms with E-state index in [4.69, 9.17) is 9.97 Å². The van der Waals surface area contributed by atoms with Crippen LogP contribution in [0.5, 0.6) is 0 Å².